The van der Waals surface area contributed by atoms with Crippen molar-refractivity contribution in [2.75, 3.05) is 24.6 Å². The van der Waals surface area contributed by atoms with Gasteiger partial charge >= 0.3 is 0 Å². The Morgan fingerprint density at radius 3 is 2.59 bits per heavy atom. The van der Waals surface area contributed by atoms with Crippen molar-refractivity contribution in [2.45, 2.75) is 26.3 Å². The van der Waals surface area contributed by atoms with Crippen LogP contribution in [-0.2, 0) is 0 Å². The standard InChI is InChI=1S/C13H21BrN2O/c1-3-6-16(7-8-17)13-5-4-11(10(2)15)9-12(13)14/h4-5,9-10,17H,3,6-8,15H2,1-2H3. The minimum Gasteiger partial charge on any atom is -0.395 e. The molecule has 1 rings (SSSR count). The van der Waals surface area contributed by atoms with E-state index in [1.54, 1.807) is 0 Å². The summed E-state index contributed by atoms with van der Waals surface area (Å²) in [5.74, 6) is 0. The van der Waals surface area contributed by atoms with Gasteiger partial charge in [0.2, 0.25) is 0 Å². The van der Waals surface area contributed by atoms with Gasteiger partial charge in [-0.2, -0.15) is 0 Å². The molecule has 0 aliphatic carbocycles. The van der Waals surface area contributed by atoms with Crippen LogP contribution in [0.5, 0.6) is 0 Å². The lowest BCUT2D eigenvalue weighted by atomic mass is 10.1. The number of benzene rings is 1. The van der Waals surface area contributed by atoms with Crippen LogP contribution in [0.4, 0.5) is 5.69 Å². The van der Waals surface area contributed by atoms with Gasteiger partial charge < -0.3 is 15.7 Å². The Morgan fingerprint density at radius 2 is 2.12 bits per heavy atom. The lowest BCUT2D eigenvalue weighted by Crippen LogP contribution is -2.27. The van der Waals surface area contributed by atoms with Crippen LogP contribution < -0.4 is 10.6 Å². The van der Waals surface area contributed by atoms with E-state index >= 15 is 0 Å². The fourth-order valence-corrected chi connectivity index (χ4v) is 2.45. The van der Waals surface area contributed by atoms with Crippen LogP contribution in [-0.4, -0.2) is 24.8 Å². The highest BCUT2D eigenvalue weighted by atomic mass is 79.9. The molecule has 0 heterocycles. The number of hydrogen-bond acceptors (Lipinski definition) is 3. The Morgan fingerprint density at radius 1 is 1.41 bits per heavy atom. The monoisotopic (exact) mass is 300 g/mol. The first kappa shape index (κ1) is 14.5. The molecule has 3 nitrogen and oxygen atoms in total. The van der Waals surface area contributed by atoms with Crippen molar-refractivity contribution in [1.82, 2.24) is 0 Å². The van der Waals surface area contributed by atoms with E-state index in [4.69, 9.17) is 10.8 Å². The summed E-state index contributed by atoms with van der Waals surface area (Å²) in [5, 5.41) is 9.08. The second-order valence-electron chi connectivity index (χ2n) is 4.21. The predicted molar refractivity (Wildman–Crippen MR) is 76.3 cm³/mol. The topological polar surface area (TPSA) is 49.5 Å². The Kier molecular flexibility index (Phi) is 5.95. The van der Waals surface area contributed by atoms with Crippen molar-refractivity contribution < 1.29 is 5.11 Å². The number of halogens is 1. The van der Waals surface area contributed by atoms with Crippen LogP contribution >= 0.6 is 15.9 Å². The van der Waals surface area contributed by atoms with E-state index in [-0.39, 0.29) is 12.6 Å². The molecule has 0 amide bonds. The minimum absolute atomic E-state index is 0.0396. The van der Waals surface area contributed by atoms with Crippen molar-refractivity contribution in [1.29, 1.82) is 0 Å². The van der Waals surface area contributed by atoms with Gasteiger partial charge in [0, 0.05) is 23.6 Å². The summed E-state index contributed by atoms with van der Waals surface area (Å²) in [5.41, 5.74) is 8.08. The first-order valence-corrected chi connectivity index (χ1v) is 6.80. The molecule has 0 spiro atoms. The summed E-state index contributed by atoms with van der Waals surface area (Å²) in [7, 11) is 0. The molecule has 17 heavy (non-hydrogen) atoms. The van der Waals surface area contributed by atoms with E-state index < -0.39 is 0 Å². The third-order valence-corrected chi connectivity index (χ3v) is 3.34. The quantitative estimate of drug-likeness (QED) is 0.849. The maximum atomic E-state index is 9.08. The second kappa shape index (κ2) is 6.99. The van der Waals surface area contributed by atoms with Crippen molar-refractivity contribution in [2.24, 2.45) is 5.73 Å². The molecule has 0 saturated heterocycles. The number of aliphatic hydroxyl groups excluding tert-OH is 1. The van der Waals surface area contributed by atoms with Crippen LogP contribution in [0.15, 0.2) is 22.7 Å². The van der Waals surface area contributed by atoms with E-state index in [0.29, 0.717) is 6.54 Å². The summed E-state index contributed by atoms with van der Waals surface area (Å²) >= 11 is 3.58. The maximum absolute atomic E-state index is 9.08. The molecule has 0 fully saturated rings. The lowest BCUT2D eigenvalue weighted by molar-refractivity contribution is 0.302. The fourth-order valence-electron chi connectivity index (χ4n) is 1.81. The molecule has 1 aromatic carbocycles. The van der Waals surface area contributed by atoms with Crippen LogP contribution in [0.2, 0.25) is 0 Å². The number of nitrogens with zero attached hydrogens (tertiary/aromatic N) is 1. The van der Waals surface area contributed by atoms with Gasteiger partial charge in [0.05, 0.1) is 12.3 Å². The van der Waals surface area contributed by atoms with E-state index in [1.165, 1.54) is 0 Å². The third-order valence-electron chi connectivity index (χ3n) is 2.70. The van der Waals surface area contributed by atoms with Crippen LogP contribution in [0.3, 0.4) is 0 Å². The Hall–Kier alpha value is -0.580. The molecule has 1 unspecified atom stereocenters. The number of rotatable bonds is 6. The molecule has 1 atom stereocenters. The summed E-state index contributed by atoms with van der Waals surface area (Å²) in [6.45, 7) is 5.87. The van der Waals surface area contributed by atoms with Gasteiger partial charge in [-0.25, -0.2) is 0 Å². The van der Waals surface area contributed by atoms with Crippen LogP contribution in [0, 0.1) is 0 Å². The largest absolute Gasteiger partial charge is 0.395 e. The van der Waals surface area contributed by atoms with Gasteiger partial charge in [0.1, 0.15) is 0 Å². The van der Waals surface area contributed by atoms with E-state index in [2.05, 4.69) is 39.9 Å². The Labute approximate surface area is 112 Å². The molecular weight excluding hydrogens is 280 g/mol. The summed E-state index contributed by atoms with van der Waals surface area (Å²) < 4.78 is 1.04. The zero-order valence-electron chi connectivity index (χ0n) is 10.5. The van der Waals surface area contributed by atoms with Crippen molar-refractivity contribution in [3.05, 3.63) is 28.2 Å². The number of hydrogen-bond donors (Lipinski definition) is 2. The molecule has 0 aliphatic heterocycles. The normalized spacial score (nSPS) is 12.5. The number of nitrogens with two attached hydrogens (primary N) is 1. The highest BCUT2D eigenvalue weighted by Crippen LogP contribution is 2.29. The summed E-state index contributed by atoms with van der Waals surface area (Å²) in [6.07, 6.45) is 1.06. The average Bonchev–Trinajstić information content (AvgIpc) is 2.28. The van der Waals surface area contributed by atoms with Gasteiger partial charge in [0.15, 0.2) is 0 Å². The van der Waals surface area contributed by atoms with Gasteiger partial charge in [-0.1, -0.05) is 13.0 Å². The molecule has 0 saturated carbocycles. The molecule has 96 valence electrons. The molecule has 3 N–H and O–H groups in total. The molecular formula is C13H21BrN2O. The van der Waals surface area contributed by atoms with E-state index in [1.807, 2.05) is 13.0 Å². The van der Waals surface area contributed by atoms with E-state index in [0.717, 1.165) is 28.7 Å². The van der Waals surface area contributed by atoms with Gasteiger partial charge in [0.25, 0.3) is 0 Å². The van der Waals surface area contributed by atoms with Crippen LogP contribution in [0.1, 0.15) is 31.9 Å². The Balaban J connectivity index is 2.95. The summed E-state index contributed by atoms with van der Waals surface area (Å²) in [4.78, 5) is 2.18. The fraction of sp³-hybridized carbons (Fsp3) is 0.538. The Bertz CT molecular complexity index is 349. The van der Waals surface area contributed by atoms with Gasteiger partial charge in [-0.3, -0.25) is 0 Å². The predicted octanol–water partition coefficient (Wildman–Crippen LogP) is 2.68. The average molecular weight is 301 g/mol. The molecule has 0 aromatic heterocycles. The number of aliphatic hydroxyl groups is 1. The smallest absolute Gasteiger partial charge is 0.0606 e. The molecule has 0 aliphatic rings. The highest BCUT2D eigenvalue weighted by Gasteiger charge is 2.10. The molecule has 1 aromatic rings. The SMILES string of the molecule is CCCN(CCO)c1ccc(C(C)N)cc1Br. The molecule has 0 bridgehead atoms. The van der Waals surface area contributed by atoms with Gasteiger partial charge in [-0.15, -0.1) is 0 Å². The lowest BCUT2D eigenvalue weighted by Gasteiger charge is -2.25. The zero-order chi connectivity index (χ0) is 12.8. The number of anilines is 1. The van der Waals surface area contributed by atoms with Crippen molar-refractivity contribution in [3.63, 3.8) is 0 Å². The summed E-state index contributed by atoms with van der Waals surface area (Å²) in [6, 6.07) is 6.21. The van der Waals surface area contributed by atoms with Crippen molar-refractivity contribution >= 4 is 21.6 Å². The minimum atomic E-state index is 0.0396. The molecule has 0 radical (unpaired) electrons. The zero-order valence-corrected chi connectivity index (χ0v) is 12.1. The van der Waals surface area contributed by atoms with Crippen LogP contribution in [0.25, 0.3) is 0 Å². The first-order valence-electron chi connectivity index (χ1n) is 6.01. The first-order chi connectivity index (χ1) is 8.10. The maximum Gasteiger partial charge on any atom is 0.0606 e. The van der Waals surface area contributed by atoms with Crippen molar-refractivity contribution in [3.8, 4) is 0 Å². The molecule has 4 heteroatoms. The van der Waals surface area contributed by atoms with E-state index in [9.17, 15) is 0 Å². The second-order valence-corrected chi connectivity index (χ2v) is 5.06. The highest BCUT2D eigenvalue weighted by molar-refractivity contribution is 9.10. The third kappa shape index (κ3) is 3.98. The van der Waals surface area contributed by atoms with Gasteiger partial charge in [-0.05, 0) is 47.0 Å².